The summed E-state index contributed by atoms with van der Waals surface area (Å²) in [5.41, 5.74) is 2.54. The highest BCUT2D eigenvalue weighted by Crippen LogP contribution is 2.33. The zero-order chi connectivity index (χ0) is 21.1. The average Bonchev–Trinajstić information content (AvgIpc) is 3.40. The van der Waals surface area contributed by atoms with E-state index in [0.29, 0.717) is 27.3 Å². The number of hydrogen-bond acceptors (Lipinski definition) is 4. The molecular weight excluding hydrogens is 439 g/mol. The first kappa shape index (κ1) is 20.8. The van der Waals surface area contributed by atoms with Crippen LogP contribution in [-0.4, -0.2) is 27.0 Å². The van der Waals surface area contributed by atoms with E-state index in [9.17, 15) is 4.79 Å². The molecule has 154 valence electrons. The van der Waals surface area contributed by atoms with Gasteiger partial charge < -0.3 is 4.57 Å². The molecule has 5 nitrogen and oxygen atoms in total. The van der Waals surface area contributed by atoms with E-state index in [1.807, 2.05) is 22.9 Å². The van der Waals surface area contributed by atoms with Gasteiger partial charge in [-0.25, -0.2) is 9.97 Å². The summed E-state index contributed by atoms with van der Waals surface area (Å²) in [7, 11) is 0. The summed E-state index contributed by atoms with van der Waals surface area (Å²) >= 11 is 13.9. The zero-order valence-corrected chi connectivity index (χ0v) is 18.7. The van der Waals surface area contributed by atoms with Crippen LogP contribution in [0.3, 0.4) is 0 Å². The Bertz CT molecular complexity index is 1170. The molecule has 0 saturated carbocycles. The van der Waals surface area contributed by atoms with Gasteiger partial charge in [0.2, 0.25) is 0 Å². The third kappa shape index (κ3) is 4.36. The van der Waals surface area contributed by atoms with Gasteiger partial charge in [-0.2, -0.15) is 0 Å². The minimum absolute atomic E-state index is 0.181. The lowest BCUT2D eigenvalue weighted by atomic mass is 10.1. The normalized spacial score (nSPS) is 11.2. The summed E-state index contributed by atoms with van der Waals surface area (Å²) in [6.07, 6.45) is 7.07. The Morgan fingerprint density at radius 1 is 1.23 bits per heavy atom. The van der Waals surface area contributed by atoms with Crippen molar-refractivity contribution in [2.45, 2.75) is 26.3 Å². The largest absolute Gasteiger partial charge is 0.337 e. The van der Waals surface area contributed by atoms with E-state index >= 15 is 0 Å². The first-order chi connectivity index (χ1) is 14.6. The minimum Gasteiger partial charge on any atom is -0.337 e. The van der Waals surface area contributed by atoms with Crippen molar-refractivity contribution in [3.8, 4) is 0 Å². The minimum atomic E-state index is -0.181. The Kier molecular flexibility index (Phi) is 6.37. The number of halogens is 2. The van der Waals surface area contributed by atoms with Crippen LogP contribution in [0.5, 0.6) is 0 Å². The fourth-order valence-corrected chi connectivity index (χ4v) is 4.84. The van der Waals surface area contributed by atoms with Crippen LogP contribution in [0.4, 0.5) is 5.13 Å². The van der Waals surface area contributed by atoms with Crippen LogP contribution in [0.25, 0.3) is 10.2 Å². The van der Waals surface area contributed by atoms with Crippen LogP contribution in [0.1, 0.15) is 29.3 Å². The summed E-state index contributed by atoms with van der Waals surface area (Å²) in [6, 6.07) is 11.1. The molecule has 0 aliphatic heterocycles. The molecule has 30 heavy (non-hydrogen) atoms. The molecule has 0 unspecified atom stereocenters. The molecule has 0 aliphatic carbocycles. The number of aromatic nitrogens is 3. The highest BCUT2D eigenvalue weighted by atomic mass is 35.5. The Morgan fingerprint density at radius 3 is 2.83 bits per heavy atom. The number of carbonyl (C=O) groups excluding carboxylic acids is 1. The first-order valence-corrected chi connectivity index (χ1v) is 11.2. The second kappa shape index (κ2) is 9.16. The summed E-state index contributed by atoms with van der Waals surface area (Å²) < 4.78 is 3.06. The first-order valence-electron chi connectivity index (χ1n) is 9.68. The van der Waals surface area contributed by atoms with Crippen molar-refractivity contribution in [1.82, 2.24) is 14.5 Å². The number of thiazole rings is 1. The smallest absolute Gasteiger partial charge is 0.261 e. The number of para-hydroxylation sites is 1. The van der Waals surface area contributed by atoms with Gasteiger partial charge in [-0.15, -0.1) is 0 Å². The van der Waals surface area contributed by atoms with Crippen molar-refractivity contribution < 1.29 is 4.79 Å². The van der Waals surface area contributed by atoms with Gasteiger partial charge in [0.1, 0.15) is 0 Å². The number of benzene rings is 2. The van der Waals surface area contributed by atoms with Crippen LogP contribution < -0.4 is 4.90 Å². The molecule has 4 rings (SSSR count). The standard InChI is InChI=1S/C22H20Cl2N4OS/c1-2-15-5-3-6-19-20(15)26-22(30-19)28(11-4-10-27-12-9-25-14-27)21(29)17-8-7-16(23)13-18(17)24/h3,5-9,12-14H,2,4,10-11H2,1H3. The van der Waals surface area contributed by atoms with Gasteiger partial charge >= 0.3 is 0 Å². The molecule has 0 N–H and O–H groups in total. The quantitative estimate of drug-likeness (QED) is 0.336. The van der Waals surface area contributed by atoms with Gasteiger partial charge in [-0.1, -0.05) is 53.6 Å². The fraction of sp³-hybridized carbons (Fsp3) is 0.227. The Morgan fingerprint density at radius 2 is 2.10 bits per heavy atom. The molecule has 0 spiro atoms. The molecule has 0 bridgehead atoms. The van der Waals surface area contributed by atoms with Crippen LogP contribution >= 0.6 is 34.5 Å². The number of aryl methyl sites for hydroxylation is 2. The maximum Gasteiger partial charge on any atom is 0.261 e. The van der Waals surface area contributed by atoms with Crippen molar-refractivity contribution in [2.24, 2.45) is 0 Å². The van der Waals surface area contributed by atoms with Gasteiger partial charge in [0.25, 0.3) is 5.91 Å². The molecular formula is C22H20Cl2N4OS. The number of amides is 1. The van der Waals surface area contributed by atoms with Crippen molar-refractivity contribution >= 4 is 55.8 Å². The van der Waals surface area contributed by atoms with E-state index in [1.54, 1.807) is 35.6 Å². The molecule has 0 atom stereocenters. The number of rotatable bonds is 7. The van der Waals surface area contributed by atoms with E-state index in [1.165, 1.54) is 16.9 Å². The number of carbonyl (C=O) groups is 1. The van der Waals surface area contributed by atoms with E-state index in [-0.39, 0.29) is 5.91 Å². The molecule has 0 saturated heterocycles. The summed E-state index contributed by atoms with van der Waals surface area (Å²) in [5.74, 6) is -0.181. The van der Waals surface area contributed by atoms with Crippen LogP contribution in [0.15, 0.2) is 55.1 Å². The van der Waals surface area contributed by atoms with E-state index in [2.05, 4.69) is 18.0 Å². The highest BCUT2D eigenvalue weighted by Gasteiger charge is 2.23. The predicted molar refractivity (Wildman–Crippen MR) is 124 cm³/mol. The van der Waals surface area contributed by atoms with E-state index in [4.69, 9.17) is 28.2 Å². The number of imidazole rings is 1. The predicted octanol–water partition coefficient (Wildman–Crippen LogP) is 6.10. The van der Waals surface area contributed by atoms with Crippen molar-refractivity contribution in [3.63, 3.8) is 0 Å². The number of hydrogen-bond donors (Lipinski definition) is 0. The van der Waals surface area contributed by atoms with E-state index in [0.717, 1.165) is 29.6 Å². The molecule has 2 aromatic carbocycles. The molecule has 2 heterocycles. The zero-order valence-electron chi connectivity index (χ0n) is 16.4. The van der Waals surface area contributed by atoms with Gasteiger partial charge in [0.15, 0.2) is 5.13 Å². The molecule has 2 aromatic heterocycles. The van der Waals surface area contributed by atoms with Crippen LogP contribution in [0.2, 0.25) is 10.0 Å². The summed E-state index contributed by atoms with van der Waals surface area (Å²) in [5, 5.41) is 1.51. The van der Waals surface area contributed by atoms with Crippen LogP contribution in [0, 0.1) is 0 Å². The maximum absolute atomic E-state index is 13.4. The summed E-state index contributed by atoms with van der Waals surface area (Å²) in [4.78, 5) is 24.1. The van der Waals surface area contributed by atoms with Crippen molar-refractivity contribution in [3.05, 3.63) is 76.3 Å². The maximum atomic E-state index is 13.4. The molecule has 0 fully saturated rings. The fourth-order valence-electron chi connectivity index (χ4n) is 3.32. The van der Waals surface area contributed by atoms with Gasteiger partial charge in [-0.05, 0) is 42.7 Å². The van der Waals surface area contributed by atoms with Gasteiger partial charge in [0.05, 0.1) is 27.1 Å². The molecule has 0 aliphatic rings. The SMILES string of the molecule is CCc1cccc2sc(N(CCCn3ccnc3)C(=O)c3ccc(Cl)cc3Cl)nc12. The van der Waals surface area contributed by atoms with Crippen LogP contribution in [-0.2, 0) is 13.0 Å². The number of nitrogens with zero attached hydrogens (tertiary/aromatic N) is 4. The Labute approximate surface area is 188 Å². The second-order valence-corrected chi connectivity index (χ2v) is 8.70. The third-order valence-electron chi connectivity index (χ3n) is 4.87. The summed E-state index contributed by atoms with van der Waals surface area (Å²) in [6.45, 7) is 3.37. The third-order valence-corrected chi connectivity index (χ3v) is 6.46. The highest BCUT2D eigenvalue weighted by molar-refractivity contribution is 7.22. The van der Waals surface area contributed by atoms with E-state index < -0.39 is 0 Å². The van der Waals surface area contributed by atoms with Gasteiger partial charge in [0, 0.05) is 30.5 Å². The molecule has 8 heteroatoms. The molecule has 0 radical (unpaired) electrons. The Balaban J connectivity index is 1.68. The number of anilines is 1. The number of fused-ring (bicyclic) bond motifs is 1. The Hall–Kier alpha value is -2.41. The van der Waals surface area contributed by atoms with Gasteiger partial charge in [-0.3, -0.25) is 9.69 Å². The monoisotopic (exact) mass is 458 g/mol. The average molecular weight is 459 g/mol. The van der Waals surface area contributed by atoms with Crippen molar-refractivity contribution in [1.29, 1.82) is 0 Å². The molecule has 4 aromatic rings. The lowest BCUT2D eigenvalue weighted by Gasteiger charge is -2.20. The second-order valence-electron chi connectivity index (χ2n) is 6.85. The topological polar surface area (TPSA) is 51.0 Å². The van der Waals surface area contributed by atoms with Crippen molar-refractivity contribution in [2.75, 3.05) is 11.4 Å². The molecule has 1 amide bonds. The lowest BCUT2D eigenvalue weighted by molar-refractivity contribution is 0.0986. The lowest BCUT2D eigenvalue weighted by Crippen LogP contribution is -2.32.